The van der Waals surface area contributed by atoms with Crippen LogP contribution >= 0.6 is 31.9 Å². The number of amides is 1. The van der Waals surface area contributed by atoms with Crippen molar-refractivity contribution in [3.05, 3.63) is 44.8 Å². The van der Waals surface area contributed by atoms with Gasteiger partial charge in [-0.25, -0.2) is 5.43 Å². The quantitative estimate of drug-likeness (QED) is 0.340. The Balaban J connectivity index is 1.88. The number of phenolic OH excluding ortho intramolecular Hbond substituents is 2. The Morgan fingerprint density at radius 1 is 1.24 bits per heavy atom. The van der Waals surface area contributed by atoms with E-state index in [0.29, 0.717) is 26.0 Å². The number of benzene rings is 2. The van der Waals surface area contributed by atoms with Gasteiger partial charge in [0, 0.05) is 0 Å². The van der Waals surface area contributed by atoms with Crippen LogP contribution in [0.3, 0.4) is 0 Å². The van der Waals surface area contributed by atoms with Gasteiger partial charge in [0.25, 0.3) is 5.91 Å². The molecule has 0 unspecified atom stereocenters. The maximum atomic E-state index is 11.7. The van der Waals surface area contributed by atoms with Crippen LogP contribution in [0.4, 0.5) is 0 Å². The minimum Gasteiger partial charge on any atom is -0.504 e. The van der Waals surface area contributed by atoms with Crippen molar-refractivity contribution >= 4 is 44.0 Å². The normalized spacial score (nSPS) is 10.7. The first-order chi connectivity index (χ1) is 11.9. The number of phenols is 2. The number of hydrazone groups is 1. The van der Waals surface area contributed by atoms with Crippen LogP contribution in [-0.2, 0) is 4.79 Å². The van der Waals surface area contributed by atoms with E-state index in [0.717, 1.165) is 0 Å². The van der Waals surface area contributed by atoms with Crippen LogP contribution in [-0.4, -0.2) is 36.1 Å². The summed E-state index contributed by atoms with van der Waals surface area (Å²) < 4.78 is 11.4. The molecule has 0 bridgehead atoms. The Hall–Kier alpha value is -2.26. The molecule has 2 aromatic rings. The van der Waals surface area contributed by atoms with Gasteiger partial charge in [0.05, 0.1) is 22.3 Å². The Morgan fingerprint density at radius 3 is 2.64 bits per heavy atom. The molecule has 0 heterocycles. The summed E-state index contributed by atoms with van der Waals surface area (Å²) in [5.41, 5.74) is 2.79. The fourth-order valence-electron chi connectivity index (χ4n) is 1.76. The minimum atomic E-state index is -0.457. The Labute approximate surface area is 160 Å². The van der Waals surface area contributed by atoms with Gasteiger partial charge in [-0.2, -0.15) is 5.10 Å². The molecule has 25 heavy (non-hydrogen) atoms. The molecule has 0 atom stereocenters. The Morgan fingerprint density at radius 2 is 2.00 bits per heavy atom. The lowest BCUT2D eigenvalue weighted by Gasteiger charge is -2.08. The number of hydrogen-bond acceptors (Lipinski definition) is 6. The predicted octanol–water partition coefficient (Wildman–Crippen LogP) is 3.16. The lowest BCUT2D eigenvalue weighted by molar-refractivity contribution is -0.123. The molecule has 1 amide bonds. The van der Waals surface area contributed by atoms with Gasteiger partial charge in [0.2, 0.25) is 0 Å². The molecule has 0 spiro atoms. The van der Waals surface area contributed by atoms with Crippen molar-refractivity contribution in [2.24, 2.45) is 5.10 Å². The molecule has 0 radical (unpaired) electrons. The second-order valence-electron chi connectivity index (χ2n) is 4.75. The zero-order valence-corrected chi connectivity index (χ0v) is 16.2. The molecule has 132 valence electrons. The highest BCUT2D eigenvalue weighted by Crippen LogP contribution is 2.33. The van der Waals surface area contributed by atoms with Crippen LogP contribution in [0, 0.1) is 0 Å². The molecule has 9 heteroatoms. The molecule has 0 saturated heterocycles. The van der Waals surface area contributed by atoms with Gasteiger partial charge in [-0.1, -0.05) is 0 Å². The number of nitrogens with one attached hydrogen (secondary N) is 1. The van der Waals surface area contributed by atoms with Crippen molar-refractivity contribution in [3.63, 3.8) is 0 Å². The third kappa shape index (κ3) is 5.36. The van der Waals surface area contributed by atoms with Gasteiger partial charge >= 0.3 is 0 Å². The molecule has 0 fully saturated rings. The van der Waals surface area contributed by atoms with Crippen LogP contribution < -0.4 is 14.9 Å². The highest BCUT2D eigenvalue weighted by Gasteiger charge is 2.07. The predicted molar refractivity (Wildman–Crippen MR) is 99.4 cm³/mol. The van der Waals surface area contributed by atoms with E-state index >= 15 is 0 Å². The summed E-state index contributed by atoms with van der Waals surface area (Å²) in [5.74, 6) is 0.138. The van der Waals surface area contributed by atoms with Crippen LogP contribution in [0.25, 0.3) is 0 Å². The Kier molecular flexibility index (Phi) is 6.65. The second-order valence-corrected chi connectivity index (χ2v) is 6.46. The van der Waals surface area contributed by atoms with Gasteiger partial charge < -0.3 is 19.7 Å². The molecule has 0 aliphatic carbocycles. The van der Waals surface area contributed by atoms with Crippen LogP contribution in [0.1, 0.15) is 5.56 Å². The zero-order valence-electron chi connectivity index (χ0n) is 13.0. The minimum absolute atomic E-state index is 0.229. The maximum Gasteiger partial charge on any atom is 0.277 e. The van der Waals surface area contributed by atoms with Gasteiger partial charge in [-0.15, -0.1) is 0 Å². The van der Waals surface area contributed by atoms with Gasteiger partial charge in [-0.05, 0) is 67.8 Å². The summed E-state index contributed by atoms with van der Waals surface area (Å²) in [6.45, 7) is -0.229. The number of nitrogens with zero attached hydrogens (tertiary/aromatic N) is 1. The molecule has 0 aliphatic rings. The first kappa shape index (κ1) is 19.1. The Bertz CT molecular complexity index is 788. The molecule has 0 aromatic heterocycles. The van der Waals surface area contributed by atoms with Crippen LogP contribution in [0.5, 0.6) is 23.0 Å². The summed E-state index contributed by atoms with van der Waals surface area (Å²) in [5, 5.41) is 22.7. The number of carbonyl (C=O) groups is 1. The van der Waals surface area contributed by atoms with Crippen molar-refractivity contribution in [3.8, 4) is 23.0 Å². The highest BCUT2D eigenvalue weighted by atomic mass is 79.9. The zero-order chi connectivity index (χ0) is 18.4. The number of carbonyl (C=O) groups excluding carboxylic acids is 1. The van der Waals surface area contributed by atoms with E-state index in [1.807, 2.05) is 0 Å². The summed E-state index contributed by atoms with van der Waals surface area (Å²) >= 11 is 6.42. The van der Waals surface area contributed by atoms with Crippen LogP contribution in [0.2, 0.25) is 0 Å². The SMILES string of the molecule is COc1ccc(OCC(=O)N/N=C/c2cc(O)c(O)c(Br)c2)c(Br)c1. The summed E-state index contributed by atoms with van der Waals surface area (Å²) in [6, 6.07) is 7.96. The second kappa shape index (κ2) is 8.72. The van der Waals surface area contributed by atoms with Crippen molar-refractivity contribution < 1.29 is 24.5 Å². The number of rotatable bonds is 6. The summed E-state index contributed by atoms with van der Waals surface area (Å²) in [4.78, 5) is 11.7. The topological polar surface area (TPSA) is 100 Å². The maximum absolute atomic E-state index is 11.7. The van der Waals surface area contributed by atoms with E-state index in [9.17, 15) is 15.0 Å². The third-order valence-electron chi connectivity index (χ3n) is 2.97. The van der Waals surface area contributed by atoms with Crippen molar-refractivity contribution in [2.45, 2.75) is 0 Å². The van der Waals surface area contributed by atoms with Gasteiger partial charge in [0.1, 0.15) is 11.5 Å². The average Bonchev–Trinajstić information content (AvgIpc) is 2.58. The number of methoxy groups -OCH3 is 1. The summed E-state index contributed by atoms with van der Waals surface area (Å²) in [7, 11) is 1.56. The summed E-state index contributed by atoms with van der Waals surface area (Å²) in [6.07, 6.45) is 1.32. The monoisotopic (exact) mass is 472 g/mol. The first-order valence-corrected chi connectivity index (χ1v) is 8.49. The average molecular weight is 474 g/mol. The largest absolute Gasteiger partial charge is 0.504 e. The van der Waals surface area contributed by atoms with Crippen molar-refractivity contribution in [2.75, 3.05) is 13.7 Å². The van der Waals surface area contributed by atoms with E-state index in [-0.39, 0.29) is 18.1 Å². The standard InChI is InChI=1S/C16H14Br2N2O5/c1-24-10-2-3-14(11(17)6-10)25-8-15(22)20-19-7-9-4-12(18)16(23)13(21)5-9/h2-7,21,23H,8H2,1H3,(H,20,22)/b19-7+. The molecule has 0 saturated carbocycles. The number of ether oxygens (including phenoxy) is 2. The molecule has 7 nitrogen and oxygen atoms in total. The first-order valence-electron chi connectivity index (χ1n) is 6.90. The molecule has 2 rings (SSSR count). The molecule has 0 aliphatic heterocycles. The van der Waals surface area contributed by atoms with E-state index in [2.05, 4.69) is 42.4 Å². The van der Waals surface area contributed by atoms with E-state index < -0.39 is 5.91 Å². The lowest BCUT2D eigenvalue weighted by Crippen LogP contribution is -2.24. The fraction of sp³-hybridized carbons (Fsp3) is 0.125. The van der Waals surface area contributed by atoms with Gasteiger partial charge in [-0.3, -0.25) is 4.79 Å². The number of hydrogen-bond donors (Lipinski definition) is 3. The van der Waals surface area contributed by atoms with Crippen LogP contribution in [0.15, 0.2) is 44.4 Å². The molecule has 2 aromatic carbocycles. The fourth-order valence-corrected chi connectivity index (χ4v) is 2.70. The number of aromatic hydroxyl groups is 2. The molecular weight excluding hydrogens is 460 g/mol. The van der Waals surface area contributed by atoms with Crippen molar-refractivity contribution in [1.82, 2.24) is 5.43 Å². The van der Waals surface area contributed by atoms with E-state index in [1.54, 1.807) is 25.3 Å². The highest BCUT2D eigenvalue weighted by molar-refractivity contribution is 9.10. The molecule has 3 N–H and O–H groups in total. The van der Waals surface area contributed by atoms with Crippen molar-refractivity contribution in [1.29, 1.82) is 0 Å². The van der Waals surface area contributed by atoms with E-state index in [1.165, 1.54) is 18.3 Å². The van der Waals surface area contributed by atoms with E-state index in [4.69, 9.17) is 9.47 Å². The number of halogens is 2. The lowest BCUT2D eigenvalue weighted by atomic mass is 10.2. The molecular formula is C16H14Br2N2O5. The van der Waals surface area contributed by atoms with Gasteiger partial charge in [0.15, 0.2) is 18.1 Å². The third-order valence-corrected chi connectivity index (χ3v) is 4.19. The smallest absolute Gasteiger partial charge is 0.277 e.